The molecule has 5 rings (SSSR count). The molecular formula is C47H58N2O6. The largest absolute Gasteiger partial charge is 0.382 e. The van der Waals surface area contributed by atoms with Crippen LogP contribution in [0.3, 0.4) is 0 Å². The second-order valence-electron chi connectivity index (χ2n) is 14.8. The van der Waals surface area contributed by atoms with Crippen molar-refractivity contribution in [2.45, 2.75) is 116 Å². The van der Waals surface area contributed by atoms with E-state index in [0.29, 0.717) is 42.9 Å². The number of benzene rings is 4. The molecule has 292 valence electrons. The molecule has 4 aromatic carbocycles. The summed E-state index contributed by atoms with van der Waals surface area (Å²) in [6, 6.07) is 31.1. The number of ketones is 1. The first-order chi connectivity index (χ1) is 26.8. The number of hydrogen-bond donors (Lipinski definition) is 3. The second-order valence-corrected chi connectivity index (χ2v) is 14.8. The van der Waals surface area contributed by atoms with E-state index >= 15 is 0 Å². The van der Waals surface area contributed by atoms with Crippen molar-refractivity contribution in [1.29, 1.82) is 5.41 Å². The van der Waals surface area contributed by atoms with E-state index in [4.69, 9.17) is 19.7 Å². The molecule has 0 radical (unpaired) electrons. The zero-order chi connectivity index (χ0) is 39.0. The maximum atomic E-state index is 14.3. The lowest BCUT2D eigenvalue weighted by Gasteiger charge is -2.32. The van der Waals surface area contributed by atoms with Crippen LogP contribution in [0.5, 0.6) is 0 Å². The summed E-state index contributed by atoms with van der Waals surface area (Å²) in [5.74, 6) is -0.665. The van der Waals surface area contributed by atoms with E-state index < -0.39 is 23.5 Å². The molecule has 1 aliphatic carbocycles. The number of rotatable bonds is 24. The van der Waals surface area contributed by atoms with Crippen molar-refractivity contribution < 1.29 is 29.0 Å². The number of Topliss-reactive ketones (excluding diaryl/α,β-unsaturated/α-hetero) is 1. The number of carbonyl (C=O) groups excluding carboxylic acids is 2. The quantitative estimate of drug-likeness (QED) is 0.0283. The summed E-state index contributed by atoms with van der Waals surface area (Å²) < 4.78 is 13.2. The third-order valence-corrected chi connectivity index (χ3v) is 10.5. The third-order valence-electron chi connectivity index (χ3n) is 10.5. The van der Waals surface area contributed by atoms with Gasteiger partial charge >= 0.3 is 5.97 Å². The van der Waals surface area contributed by atoms with Gasteiger partial charge in [-0.1, -0.05) is 150 Å². The molecule has 2 atom stereocenters. The first-order valence-electron chi connectivity index (χ1n) is 20.0. The van der Waals surface area contributed by atoms with Crippen molar-refractivity contribution >= 4 is 17.5 Å². The van der Waals surface area contributed by atoms with Crippen molar-refractivity contribution in [3.05, 3.63) is 130 Å². The number of hydroxylamine groups is 1. The first kappa shape index (κ1) is 41.7. The number of carbonyl (C=O) groups is 2. The average Bonchev–Trinajstić information content (AvgIpc) is 3.47. The Kier molecular flexibility index (Phi) is 15.9. The average molecular weight is 747 g/mol. The molecule has 0 saturated carbocycles. The van der Waals surface area contributed by atoms with E-state index in [0.717, 1.165) is 84.7 Å². The lowest BCUT2D eigenvalue weighted by Crippen LogP contribution is -2.39. The van der Waals surface area contributed by atoms with Crippen LogP contribution >= 0.6 is 0 Å². The molecule has 0 aromatic heterocycles. The lowest BCUT2D eigenvalue weighted by atomic mass is 9.78. The summed E-state index contributed by atoms with van der Waals surface area (Å²) in [5, 5.41) is 20.3. The fourth-order valence-corrected chi connectivity index (χ4v) is 7.48. The zero-order valence-electron chi connectivity index (χ0n) is 32.8. The van der Waals surface area contributed by atoms with Gasteiger partial charge in [-0.25, -0.2) is 0 Å². The Morgan fingerprint density at radius 3 is 1.87 bits per heavy atom. The maximum absolute atomic E-state index is 14.3. The van der Waals surface area contributed by atoms with Crippen LogP contribution in [-0.2, 0) is 37.7 Å². The highest BCUT2D eigenvalue weighted by molar-refractivity contribution is 6.01. The van der Waals surface area contributed by atoms with Crippen LogP contribution in [-0.4, -0.2) is 41.8 Å². The van der Waals surface area contributed by atoms with Gasteiger partial charge in [0, 0.05) is 18.2 Å². The molecule has 0 spiro atoms. The van der Waals surface area contributed by atoms with Crippen LogP contribution in [0.2, 0.25) is 0 Å². The van der Waals surface area contributed by atoms with Gasteiger partial charge < -0.3 is 24.8 Å². The van der Waals surface area contributed by atoms with Crippen molar-refractivity contribution in [1.82, 2.24) is 5.48 Å². The molecule has 0 aliphatic heterocycles. The van der Waals surface area contributed by atoms with E-state index in [1.807, 2.05) is 97.1 Å². The van der Waals surface area contributed by atoms with Crippen molar-refractivity contribution in [3.8, 4) is 11.1 Å². The van der Waals surface area contributed by atoms with Gasteiger partial charge in [0.25, 0.3) is 0 Å². The minimum Gasteiger partial charge on any atom is -0.382 e. The van der Waals surface area contributed by atoms with E-state index in [-0.39, 0.29) is 19.0 Å². The predicted molar refractivity (Wildman–Crippen MR) is 218 cm³/mol. The normalized spacial score (nSPS) is 13.8. The molecular weight excluding hydrogens is 689 g/mol. The van der Waals surface area contributed by atoms with Crippen LogP contribution in [0.15, 0.2) is 97.1 Å². The molecule has 8 heteroatoms. The van der Waals surface area contributed by atoms with Gasteiger partial charge in [-0.05, 0) is 64.3 Å². The number of aliphatic hydroxyl groups excluding tert-OH is 1. The SMILES string of the molecule is CCCCCCC(=N)C(O)c1ccc2c(c1)C(COCc1ccccc1)(COCc1ccccc1)c1cc(C(=O)C(CCCCCC)NOC(C)=O)ccc1-2. The summed E-state index contributed by atoms with van der Waals surface area (Å²) in [4.78, 5) is 31.2. The van der Waals surface area contributed by atoms with Gasteiger partial charge in [0.1, 0.15) is 12.1 Å². The maximum Gasteiger partial charge on any atom is 0.321 e. The van der Waals surface area contributed by atoms with Crippen LogP contribution in [0.4, 0.5) is 0 Å². The lowest BCUT2D eigenvalue weighted by molar-refractivity contribution is -0.149. The molecule has 1 aliphatic rings. The van der Waals surface area contributed by atoms with Crippen LogP contribution in [0.1, 0.15) is 129 Å². The number of unbranched alkanes of at least 4 members (excludes halogenated alkanes) is 6. The molecule has 0 amide bonds. The van der Waals surface area contributed by atoms with Gasteiger partial charge in [0.2, 0.25) is 0 Å². The van der Waals surface area contributed by atoms with Gasteiger partial charge in [-0.2, -0.15) is 0 Å². The van der Waals surface area contributed by atoms with Crippen LogP contribution in [0, 0.1) is 5.41 Å². The van der Waals surface area contributed by atoms with Gasteiger partial charge in [0.15, 0.2) is 5.78 Å². The fourth-order valence-electron chi connectivity index (χ4n) is 7.48. The molecule has 2 unspecified atom stereocenters. The molecule has 0 saturated heterocycles. The number of fused-ring (bicyclic) bond motifs is 3. The number of nitrogens with one attached hydrogen (secondary N) is 2. The zero-order valence-corrected chi connectivity index (χ0v) is 32.8. The number of ether oxygens (including phenoxy) is 2. The molecule has 4 aromatic rings. The predicted octanol–water partition coefficient (Wildman–Crippen LogP) is 10.00. The highest BCUT2D eigenvalue weighted by Crippen LogP contribution is 2.51. The molecule has 0 heterocycles. The second kappa shape index (κ2) is 21.0. The Labute approximate surface area is 327 Å². The molecule has 8 nitrogen and oxygen atoms in total. The Morgan fingerprint density at radius 2 is 1.29 bits per heavy atom. The molecule has 0 bridgehead atoms. The Morgan fingerprint density at radius 1 is 0.727 bits per heavy atom. The highest BCUT2D eigenvalue weighted by Gasteiger charge is 2.45. The van der Waals surface area contributed by atoms with E-state index in [2.05, 4.69) is 19.3 Å². The number of aliphatic hydroxyl groups is 1. The van der Waals surface area contributed by atoms with E-state index in [1.165, 1.54) is 6.92 Å². The van der Waals surface area contributed by atoms with Gasteiger partial charge in [-0.15, -0.1) is 5.48 Å². The Bertz CT molecular complexity index is 1800. The van der Waals surface area contributed by atoms with Gasteiger partial charge in [-0.3, -0.25) is 9.59 Å². The summed E-state index contributed by atoms with van der Waals surface area (Å²) in [7, 11) is 0. The first-order valence-corrected chi connectivity index (χ1v) is 20.0. The Hall–Kier alpha value is -4.47. The minimum atomic E-state index is -1.04. The Balaban J connectivity index is 1.56. The third kappa shape index (κ3) is 11.1. The standard InChI is InChI=1S/C47H58N2O6/c1-4-6-8-16-22-43(48)45(51)37-24-26-39-40-27-25-38(46(52)44(49-55-34(3)50)23-17-9-7-5-2)29-42(40)47(41(39)28-37,32-53-30-35-18-12-10-13-19-35)33-54-31-36-20-14-11-15-21-36/h10-15,18-21,24-29,44-45,48-49,51H,4-9,16-17,22-23,30-33H2,1-3H3. The summed E-state index contributed by atoms with van der Waals surface area (Å²) in [6.45, 7) is 6.86. The van der Waals surface area contributed by atoms with Crippen molar-refractivity contribution in [3.63, 3.8) is 0 Å². The smallest absolute Gasteiger partial charge is 0.321 e. The molecule has 0 fully saturated rings. The topological polar surface area (TPSA) is 118 Å². The highest BCUT2D eigenvalue weighted by atomic mass is 16.7. The molecule has 3 N–H and O–H groups in total. The summed E-state index contributed by atoms with van der Waals surface area (Å²) >= 11 is 0. The molecule has 55 heavy (non-hydrogen) atoms. The fraction of sp³-hybridized carbons (Fsp3) is 0.426. The summed E-state index contributed by atoms with van der Waals surface area (Å²) in [5.41, 5.74) is 9.18. The monoisotopic (exact) mass is 746 g/mol. The summed E-state index contributed by atoms with van der Waals surface area (Å²) in [6.07, 6.45) is 8.08. The van der Waals surface area contributed by atoms with Crippen molar-refractivity contribution in [2.24, 2.45) is 0 Å². The minimum absolute atomic E-state index is 0.159. The van der Waals surface area contributed by atoms with Crippen molar-refractivity contribution in [2.75, 3.05) is 13.2 Å². The van der Waals surface area contributed by atoms with E-state index in [9.17, 15) is 14.7 Å². The number of hydrogen-bond acceptors (Lipinski definition) is 8. The van der Waals surface area contributed by atoms with Crippen LogP contribution in [0.25, 0.3) is 11.1 Å². The van der Waals surface area contributed by atoms with Crippen LogP contribution < -0.4 is 5.48 Å². The van der Waals surface area contributed by atoms with Gasteiger partial charge in [0.05, 0.1) is 31.8 Å². The van der Waals surface area contributed by atoms with E-state index in [1.54, 1.807) is 0 Å².